The lowest BCUT2D eigenvalue weighted by atomic mass is 10.3. The molecule has 4 nitrogen and oxygen atoms in total. The van der Waals surface area contributed by atoms with Crippen LogP contribution in [0.1, 0.15) is 26.7 Å². The molecule has 0 amide bonds. The molecule has 0 unspecified atom stereocenters. The zero-order valence-corrected chi connectivity index (χ0v) is 12.6. The lowest BCUT2D eigenvalue weighted by molar-refractivity contribution is -0.138. The standard InChI is InChI=1S/C16H27NO3/c1-3-18-16(19-4-2)11-13-17-12-8-14-20-15-9-6-5-7-10-15/h5-7,9-10,16-17H,3-4,8,11-14H2,1-2H3. The first-order valence-corrected chi connectivity index (χ1v) is 7.48. The molecule has 1 N–H and O–H groups in total. The number of para-hydroxylation sites is 1. The summed E-state index contributed by atoms with van der Waals surface area (Å²) in [6.07, 6.45) is 1.78. The van der Waals surface area contributed by atoms with E-state index in [9.17, 15) is 0 Å². The SMILES string of the molecule is CCOC(CCNCCCOc1ccccc1)OCC. The molecular weight excluding hydrogens is 254 g/mol. The summed E-state index contributed by atoms with van der Waals surface area (Å²) in [4.78, 5) is 0. The normalized spacial score (nSPS) is 10.9. The van der Waals surface area contributed by atoms with E-state index in [4.69, 9.17) is 14.2 Å². The predicted molar refractivity (Wildman–Crippen MR) is 81.1 cm³/mol. The molecule has 0 fully saturated rings. The van der Waals surface area contributed by atoms with Crippen molar-refractivity contribution in [2.24, 2.45) is 0 Å². The first kappa shape index (κ1) is 17.0. The summed E-state index contributed by atoms with van der Waals surface area (Å²) < 4.78 is 16.6. The van der Waals surface area contributed by atoms with E-state index in [1.165, 1.54) is 0 Å². The minimum Gasteiger partial charge on any atom is -0.494 e. The van der Waals surface area contributed by atoms with E-state index in [1.54, 1.807) is 0 Å². The van der Waals surface area contributed by atoms with Crippen molar-refractivity contribution in [1.82, 2.24) is 5.32 Å². The highest BCUT2D eigenvalue weighted by molar-refractivity contribution is 5.20. The molecule has 0 aromatic heterocycles. The Morgan fingerprint density at radius 1 is 1.00 bits per heavy atom. The number of ether oxygens (including phenoxy) is 3. The third kappa shape index (κ3) is 8.15. The number of hydrogen-bond acceptors (Lipinski definition) is 4. The van der Waals surface area contributed by atoms with Crippen LogP contribution in [0.2, 0.25) is 0 Å². The smallest absolute Gasteiger partial charge is 0.158 e. The maximum Gasteiger partial charge on any atom is 0.158 e. The van der Waals surface area contributed by atoms with E-state index in [0.29, 0.717) is 13.2 Å². The van der Waals surface area contributed by atoms with E-state index >= 15 is 0 Å². The third-order valence-corrected chi connectivity index (χ3v) is 2.77. The molecule has 0 atom stereocenters. The summed E-state index contributed by atoms with van der Waals surface area (Å²) in [5.74, 6) is 0.931. The second-order valence-electron chi connectivity index (χ2n) is 4.39. The van der Waals surface area contributed by atoms with Crippen LogP contribution in [-0.4, -0.2) is 39.2 Å². The lowest BCUT2D eigenvalue weighted by Crippen LogP contribution is -2.26. The molecule has 0 spiro atoms. The van der Waals surface area contributed by atoms with Crippen molar-refractivity contribution < 1.29 is 14.2 Å². The van der Waals surface area contributed by atoms with Crippen molar-refractivity contribution >= 4 is 0 Å². The molecule has 1 rings (SSSR count). The fourth-order valence-electron chi connectivity index (χ4n) is 1.84. The van der Waals surface area contributed by atoms with E-state index in [2.05, 4.69) is 5.32 Å². The van der Waals surface area contributed by atoms with Crippen LogP contribution in [0.15, 0.2) is 30.3 Å². The molecule has 20 heavy (non-hydrogen) atoms. The average molecular weight is 281 g/mol. The molecule has 0 saturated heterocycles. The summed E-state index contributed by atoms with van der Waals surface area (Å²) in [6.45, 7) is 7.93. The van der Waals surface area contributed by atoms with Gasteiger partial charge >= 0.3 is 0 Å². The van der Waals surface area contributed by atoms with Crippen LogP contribution < -0.4 is 10.1 Å². The average Bonchev–Trinajstić information content (AvgIpc) is 2.47. The Morgan fingerprint density at radius 3 is 2.35 bits per heavy atom. The van der Waals surface area contributed by atoms with Gasteiger partial charge in [-0.2, -0.15) is 0 Å². The quantitative estimate of drug-likeness (QED) is 0.472. The highest BCUT2D eigenvalue weighted by atomic mass is 16.7. The number of rotatable bonds is 12. The maximum atomic E-state index is 5.62. The van der Waals surface area contributed by atoms with Crippen molar-refractivity contribution in [3.63, 3.8) is 0 Å². The molecule has 4 heteroatoms. The molecule has 0 radical (unpaired) electrons. The highest BCUT2D eigenvalue weighted by Gasteiger charge is 2.06. The van der Waals surface area contributed by atoms with Gasteiger partial charge in [0.25, 0.3) is 0 Å². The first-order chi connectivity index (χ1) is 9.86. The second-order valence-corrected chi connectivity index (χ2v) is 4.39. The van der Waals surface area contributed by atoms with E-state index in [-0.39, 0.29) is 6.29 Å². The topological polar surface area (TPSA) is 39.7 Å². The zero-order chi connectivity index (χ0) is 14.5. The van der Waals surface area contributed by atoms with E-state index in [1.807, 2.05) is 44.2 Å². The van der Waals surface area contributed by atoms with E-state index in [0.717, 1.165) is 38.3 Å². The zero-order valence-electron chi connectivity index (χ0n) is 12.6. The molecular formula is C16H27NO3. The van der Waals surface area contributed by atoms with Crippen LogP contribution in [0, 0.1) is 0 Å². The monoisotopic (exact) mass is 281 g/mol. The summed E-state index contributed by atoms with van der Waals surface area (Å²) in [6, 6.07) is 9.90. The van der Waals surface area contributed by atoms with Gasteiger partial charge in [0, 0.05) is 19.6 Å². The fourth-order valence-corrected chi connectivity index (χ4v) is 1.84. The lowest BCUT2D eigenvalue weighted by Gasteiger charge is -2.17. The van der Waals surface area contributed by atoms with Gasteiger partial charge in [-0.3, -0.25) is 0 Å². The van der Waals surface area contributed by atoms with Crippen molar-refractivity contribution in [1.29, 1.82) is 0 Å². The largest absolute Gasteiger partial charge is 0.494 e. The van der Waals surface area contributed by atoms with Gasteiger partial charge in [-0.1, -0.05) is 18.2 Å². The number of hydrogen-bond donors (Lipinski definition) is 1. The summed E-state index contributed by atoms with van der Waals surface area (Å²) in [5, 5.41) is 3.38. The molecule has 0 saturated carbocycles. The van der Waals surface area contributed by atoms with Gasteiger partial charge in [-0.15, -0.1) is 0 Å². The molecule has 0 aliphatic carbocycles. The molecule has 1 aromatic rings. The Labute approximate surface area is 122 Å². The van der Waals surface area contributed by atoms with Crippen molar-refractivity contribution in [2.75, 3.05) is 32.9 Å². The second kappa shape index (κ2) is 11.7. The molecule has 0 aliphatic heterocycles. The van der Waals surface area contributed by atoms with Crippen LogP contribution in [0.4, 0.5) is 0 Å². The van der Waals surface area contributed by atoms with Crippen molar-refractivity contribution in [2.45, 2.75) is 33.0 Å². The molecule has 114 valence electrons. The van der Waals surface area contributed by atoms with Crippen LogP contribution in [-0.2, 0) is 9.47 Å². The summed E-state index contributed by atoms with van der Waals surface area (Å²) in [5.41, 5.74) is 0. The molecule has 0 bridgehead atoms. The van der Waals surface area contributed by atoms with Gasteiger partial charge in [0.2, 0.25) is 0 Å². The Morgan fingerprint density at radius 2 is 1.70 bits per heavy atom. The Bertz CT molecular complexity index is 313. The maximum absolute atomic E-state index is 5.62. The predicted octanol–water partition coefficient (Wildman–Crippen LogP) is 2.83. The fraction of sp³-hybridized carbons (Fsp3) is 0.625. The van der Waals surface area contributed by atoms with Gasteiger partial charge in [-0.05, 0) is 45.5 Å². The highest BCUT2D eigenvalue weighted by Crippen LogP contribution is 2.08. The number of benzene rings is 1. The number of nitrogens with one attached hydrogen (secondary N) is 1. The third-order valence-electron chi connectivity index (χ3n) is 2.77. The summed E-state index contributed by atoms with van der Waals surface area (Å²) in [7, 11) is 0. The van der Waals surface area contributed by atoms with Gasteiger partial charge < -0.3 is 19.5 Å². The van der Waals surface area contributed by atoms with Gasteiger partial charge in [-0.25, -0.2) is 0 Å². The summed E-state index contributed by atoms with van der Waals surface area (Å²) >= 11 is 0. The van der Waals surface area contributed by atoms with Crippen LogP contribution >= 0.6 is 0 Å². The Balaban J connectivity index is 1.96. The Hall–Kier alpha value is -1.10. The van der Waals surface area contributed by atoms with E-state index < -0.39 is 0 Å². The minimum absolute atomic E-state index is 0.0851. The Kier molecular flexibility index (Phi) is 9.92. The van der Waals surface area contributed by atoms with Crippen LogP contribution in [0.25, 0.3) is 0 Å². The van der Waals surface area contributed by atoms with Gasteiger partial charge in [0.1, 0.15) is 5.75 Å². The van der Waals surface area contributed by atoms with Crippen LogP contribution in [0.5, 0.6) is 5.75 Å². The molecule has 0 heterocycles. The molecule has 1 aromatic carbocycles. The van der Waals surface area contributed by atoms with Crippen molar-refractivity contribution in [3.05, 3.63) is 30.3 Å². The van der Waals surface area contributed by atoms with Gasteiger partial charge in [0.05, 0.1) is 6.61 Å². The first-order valence-electron chi connectivity index (χ1n) is 7.48. The van der Waals surface area contributed by atoms with Crippen molar-refractivity contribution in [3.8, 4) is 5.75 Å². The molecule has 0 aliphatic rings. The minimum atomic E-state index is -0.0851. The van der Waals surface area contributed by atoms with Crippen LogP contribution in [0.3, 0.4) is 0 Å². The van der Waals surface area contributed by atoms with Gasteiger partial charge in [0.15, 0.2) is 6.29 Å².